The molecule has 0 bridgehead atoms. The number of likely N-dealkylation sites (tertiary alicyclic amines) is 1. The van der Waals surface area contributed by atoms with E-state index in [2.05, 4.69) is 10.2 Å². The van der Waals surface area contributed by atoms with Gasteiger partial charge in [-0.15, -0.1) is 0 Å². The van der Waals surface area contributed by atoms with Crippen molar-refractivity contribution in [3.05, 3.63) is 33.8 Å². The van der Waals surface area contributed by atoms with E-state index in [0.29, 0.717) is 47.5 Å². The van der Waals surface area contributed by atoms with Crippen molar-refractivity contribution in [3.63, 3.8) is 0 Å². The Morgan fingerprint density at radius 2 is 1.96 bits per heavy atom. The molecule has 4 nitrogen and oxygen atoms in total. The second-order valence-corrected chi connectivity index (χ2v) is 7.89. The van der Waals surface area contributed by atoms with Crippen molar-refractivity contribution >= 4 is 29.1 Å². The van der Waals surface area contributed by atoms with Gasteiger partial charge in [-0.2, -0.15) is 0 Å². The van der Waals surface area contributed by atoms with Crippen LogP contribution >= 0.6 is 23.2 Å². The van der Waals surface area contributed by atoms with E-state index in [1.807, 2.05) is 0 Å². The van der Waals surface area contributed by atoms with Crippen LogP contribution in [0.15, 0.2) is 18.2 Å². The summed E-state index contributed by atoms with van der Waals surface area (Å²) in [6.07, 6.45) is 1.95. The van der Waals surface area contributed by atoms with Crippen LogP contribution in [0.5, 0.6) is 0 Å². The normalized spacial score (nSPS) is 23.6. The fourth-order valence-electron chi connectivity index (χ4n) is 3.43. The molecule has 1 N–H and O–H groups in total. The van der Waals surface area contributed by atoms with Crippen LogP contribution in [-0.4, -0.2) is 55.9 Å². The lowest BCUT2D eigenvalue weighted by Gasteiger charge is -2.37. The molecule has 3 rings (SSSR count). The van der Waals surface area contributed by atoms with Crippen molar-refractivity contribution in [1.82, 2.24) is 10.2 Å². The van der Waals surface area contributed by atoms with Crippen molar-refractivity contribution < 1.29 is 13.9 Å². The molecule has 0 aromatic heterocycles. The summed E-state index contributed by atoms with van der Waals surface area (Å²) in [5.41, 5.74) is -1.01. The average Bonchev–Trinajstić information content (AvgIpc) is 3.07. The fraction of sp³-hybridized carbons (Fsp3) is 0.611. The van der Waals surface area contributed by atoms with Crippen LogP contribution in [0.25, 0.3) is 0 Å². The first-order valence-electron chi connectivity index (χ1n) is 8.67. The van der Waals surface area contributed by atoms with Crippen LogP contribution in [-0.2, 0) is 4.74 Å². The summed E-state index contributed by atoms with van der Waals surface area (Å²) in [4.78, 5) is 14.5. The van der Waals surface area contributed by atoms with E-state index in [9.17, 15) is 9.18 Å². The summed E-state index contributed by atoms with van der Waals surface area (Å²) in [6, 6.07) is 4.61. The Balaban J connectivity index is 1.47. The lowest BCUT2D eigenvalue weighted by atomic mass is 9.92. The molecule has 0 aliphatic carbocycles. The van der Waals surface area contributed by atoms with Gasteiger partial charge in [0.15, 0.2) is 0 Å². The van der Waals surface area contributed by atoms with Gasteiger partial charge in [0.25, 0.3) is 5.91 Å². The zero-order valence-electron chi connectivity index (χ0n) is 14.1. The molecular weight excluding hydrogens is 366 g/mol. The largest absolute Gasteiger partial charge is 0.381 e. The molecule has 2 heterocycles. The number of hydrogen-bond donors (Lipinski definition) is 1. The van der Waals surface area contributed by atoms with Crippen LogP contribution in [0.4, 0.5) is 4.39 Å². The number of rotatable bonds is 5. The first-order chi connectivity index (χ1) is 11.9. The van der Waals surface area contributed by atoms with E-state index >= 15 is 0 Å². The van der Waals surface area contributed by atoms with Crippen molar-refractivity contribution in [2.24, 2.45) is 5.92 Å². The molecular formula is C18H23Cl2FN2O2. The Kier molecular flexibility index (Phi) is 6.21. The lowest BCUT2D eigenvalue weighted by molar-refractivity contribution is 0.0476. The number of piperidine rings is 1. The van der Waals surface area contributed by atoms with Gasteiger partial charge in [-0.25, -0.2) is 4.39 Å². The predicted molar refractivity (Wildman–Crippen MR) is 97.2 cm³/mol. The van der Waals surface area contributed by atoms with Gasteiger partial charge in [-0.3, -0.25) is 4.79 Å². The molecule has 0 spiro atoms. The van der Waals surface area contributed by atoms with Crippen LogP contribution in [0.2, 0.25) is 10.0 Å². The molecule has 2 fully saturated rings. The summed E-state index contributed by atoms with van der Waals surface area (Å²) in [5.74, 6) is 0.214. The van der Waals surface area contributed by atoms with Gasteiger partial charge in [0.2, 0.25) is 0 Å². The van der Waals surface area contributed by atoms with Crippen molar-refractivity contribution in [3.8, 4) is 0 Å². The molecule has 2 aliphatic rings. The number of carbonyl (C=O) groups is 1. The zero-order valence-corrected chi connectivity index (χ0v) is 15.6. The number of alkyl halides is 1. The van der Waals surface area contributed by atoms with E-state index < -0.39 is 5.67 Å². The average molecular weight is 389 g/mol. The maximum atomic E-state index is 15.0. The zero-order chi connectivity index (χ0) is 17.9. The van der Waals surface area contributed by atoms with Crippen molar-refractivity contribution in [2.75, 3.05) is 39.4 Å². The Morgan fingerprint density at radius 3 is 2.56 bits per heavy atom. The molecule has 0 radical (unpaired) electrons. The highest BCUT2D eigenvalue weighted by atomic mass is 35.5. The molecule has 2 aliphatic heterocycles. The third-order valence-corrected chi connectivity index (χ3v) is 5.42. The smallest absolute Gasteiger partial charge is 0.251 e. The molecule has 1 amide bonds. The first-order valence-corrected chi connectivity index (χ1v) is 9.42. The number of amides is 1. The molecule has 1 unspecified atom stereocenters. The maximum Gasteiger partial charge on any atom is 0.251 e. The van der Waals surface area contributed by atoms with E-state index in [1.165, 1.54) is 12.1 Å². The summed E-state index contributed by atoms with van der Waals surface area (Å²) in [6.45, 7) is 4.07. The van der Waals surface area contributed by atoms with Gasteiger partial charge in [0.05, 0.1) is 13.2 Å². The van der Waals surface area contributed by atoms with Crippen molar-refractivity contribution in [2.45, 2.75) is 24.9 Å². The Morgan fingerprint density at radius 1 is 1.28 bits per heavy atom. The molecule has 0 saturated carbocycles. The molecule has 2 saturated heterocycles. The molecule has 1 aromatic carbocycles. The third-order valence-electron chi connectivity index (χ3n) is 4.98. The Labute approximate surface area is 157 Å². The molecule has 1 atom stereocenters. The van der Waals surface area contributed by atoms with E-state index in [1.54, 1.807) is 6.07 Å². The Hall–Kier alpha value is -0.880. The highest BCUT2D eigenvalue weighted by Gasteiger charge is 2.35. The number of ether oxygens (including phenoxy) is 1. The van der Waals surface area contributed by atoms with Crippen molar-refractivity contribution in [1.29, 1.82) is 0 Å². The summed E-state index contributed by atoms with van der Waals surface area (Å²) >= 11 is 11.8. The minimum atomic E-state index is -1.36. The topological polar surface area (TPSA) is 41.6 Å². The molecule has 25 heavy (non-hydrogen) atoms. The van der Waals surface area contributed by atoms with Crippen LogP contribution < -0.4 is 5.32 Å². The van der Waals surface area contributed by atoms with Crippen LogP contribution in [0.1, 0.15) is 29.6 Å². The fourth-order valence-corrected chi connectivity index (χ4v) is 3.96. The van der Waals surface area contributed by atoms with Gasteiger partial charge < -0.3 is 15.0 Å². The van der Waals surface area contributed by atoms with Gasteiger partial charge in [0, 0.05) is 41.8 Å². The second kappa shape index (κ2) is 8.21. The number of benzene rings is 1. The van der Waals surface area contributed by atoms with Crippen LogP contribution in [0.3, 0.4) is 0 Å². The number of nitrogens with one attached hydrogen (secondary N) is 1. The van der Waals surface area contributed by atoms with Gasteiger partial charge in [0.1, 0.15) is 5.67 Å². The summed E-state index contributed by atoms with van der Waals surface area (Å²) < 4.78 is 20.4. The summed E-state index contributed by atoms with van der Waals surface area (Å²) in [7, 11) is 0. The quantitative estimate of drug-likeness (QED) is 0.838. The maximum absolute atomic E-state index is 15.0. The minimum Gasteiger partial charge on any atom is -0.381 e. The predicted octanol–water partition coefficient (Wildman–Crippen LogP) is 3.56. The molecule has 138 valence electrons. The number of carbonyl (C=O) groups excluding carboxylic acids is 1. The molecule has 1 aromatic rings. The summed E-state index contributed by atoms with van der Waals surface area (Å²) in [5, 5.41) is 3.45. The second-order valence-electron chi connectivity index (χ2n) is 7.02. The highest BCUT2D eigenvalue weighted by Crippen LogP contribution is 2.27. The van der Waals surface area contributed by atoms with Crippen LogP contribution in [0, 0.1) is 5.92 Å². The van der Waals surface area contributed by atoms with E-state index in [4.69, 9.17) is 27.9 Å². The lowest BCUT2D eigenvalue weighted by Crippen LogP contribution is -2.49. The van der Waals surface area contributed by atoms with E-state index in [0.717, 1.165) is 26.2 Å². The Bertz CT molecular complexity index is 595. The van der Waals surface area contributed by atoms with E-state index in [-0.39, 0.29) is 12.5 Å². The minimum absolute atomic E-state index is 0.0103. The highest BCUT2D eigenvalue weighted by molar-refractivity contribution is 6.35. The van der Waals surface area contributed by atoms with Gasteiger partial charge in [-0.05, 0) is 43.4 Å². The number of halogens is 3. The van der Waals surface area contributed by atoms with Gasteiger partial charge in [-0.1, -0.05) is 23.2 Å². The van der Waals surface area contributed by atoms with Gasteiger partial charge >= 0.3 is 0 Å². The first kappa shape index (κ1) is 18.9. The SMILES string of the molecule is O=C(NCC1(F)CCN(CC2CCOC2)CC1)c1cc(Cl)cc(Cl)c1. The monoisotopic (exact) mass is 388 g/mol. The number of nitrogens with zero attached hydrogens (tertiary/aromatic N) is 1. The standard InChI is InChI=1S/C18H23Cl2FN2O2/c19-15-7-14(8-16(20)9-15)17(24)22-12-18(21)2-4-23(5-3-18)10-13-1-6-25-11-13/h7-9,13H,1-6,10-12H2,(H,22,24). The third kappa shape index (κ3) is 5.30. The number of hydrogen-bond acceptors (Lipinski definition) is 3. The molecule has 7 heteroatoms.